The molecule has 7 nitrogen and oxygen atoms in total. The molecule has 0 aliphatic carbocycles. The van der Waals surface area contributed by atoms with Gasteiger partial charge in [-0.15, -0.1) is 0 Å². The molecule has 2 rings (SSSR count). The van der Waals surface area contributed by atoms with Crippen molar-refractivity contribution in [3.8, 4) is 11.9 Å². The molecule has 114 valence electrons. The lowest BCUT2D eigenvalue weighted by molar-refractivity contribution is 0.253. The maximum absolute atomic E-state index is 8.98. The van der Waals surface area contributed by atoms with Gasteiger partial charge in [0.15, 0.2) is 11.5 Å². The van der Waals surface area contributed by atoms with Crippen LogP contribution in [-0.4, -0.2) is 47.1 Å². The minimum atomic E-state index is 0.277. The van der Waals surface area contributed by atoms with Crippen molar-refractivity contribution >= 4 is 5.82 Å². The lowest BCUT2D eigenvalue weighted by Crippen LogP contribution is -2.19. The van der Waals surface area contributed by atoms with Gasteiger partial charge in [-0.3, -0.25) is 0 Å². The highest BCUT2D eigenvalue weighted by Gasteiger charge is 2.04. The van der Waals surface area contributed by atoms with E-state index in [1.807, 2.05) is 37.2 Å². The van der Waals surface area contributed by atoms with Gasteiger partial charge in [-0.1, -0.05) is 0 Å². The second-order valence-electron chi connectivity index (χ2n) is 4.87. The minimum Gasteiger partial charge on any atom is -0.476 e. The SMILES string of the molecule is CN(C)CCOc1cc(CNc2nccnc2C#N)ccn1. The number of anilines is 1. The molecule has 0 unspecified atom stereocenters. The average molecular weight is 298 g/mol. The van der Waals surface area contributed by atoms with Crippen molar-refractivity contribution in [2.45, 2.75) is 6.54 Å². The Morgan fingerprint density at radius 3 is 2.82 bits per heavy atom. The van der Waals surface area contributed by atoms with Gasteiger partial charge in [0, 0.05) is 37.7 Å². The number of aromatic nitrogens is 3. The molecule has 0 saturated heterocycles. The summed E-state index contributed by atoms with van der Waals surface area (Å²) in [6.45, 7) is 1.93. The molecule has 22 heavy (non-hydrogen) atoms. The molecule has 0 aliphatic rings. The van der Waals surface area contributed by atoms with Gasteiger partial charge in [0.1, 0.15) is 12.7 Å². The van der Waals surface area contributed by atoms with Gasteiger partial charge in [0.2, 0.25) is 5.88 Å². The summed E-state index contributed by atoms with van der Waals surface area (Å²) in [7, 11) is 3.98. The van der Waals surface area contributed by atoms with E-state index in [1.54, 1.807) is 12.4 Å². The molecule has 2 heterocycles. The first-order valence-corrected chi connectivity index (χ1v) is 6.86. The van der Waals surface area contributed by atoms with E-state index in [2.05, 4.69) is 20.3 Å². The summed E-state index contributed by atoms with van der Waals surface area (Å²) in [6.07, 6.45) is 4.74. The van der Waals surface area contributed by atoms with Crippen LogP contribution in [0.15, 0.2) is 30.7 Å². The van der Waals surface area contributed by atoms with E-state index >= 15 is 0 Å². The first-order chi connectivity index (χ1) is 10.7. The fourth-order valence-corrected chi connectivity index (χ4v) is 1.71. The molecular weight excluding hydrogens is 280 g/mol. The Balaban J connectivity index is 1.94. The summed E-state index contributed by atoms with van der Waals surface area (Å²) >= 11 is 0. The molecular formula is C15H18N6O. The van der Waals surface area contributed by atoms with Crippen LogP contribution in [0.4, 0.5) is 5.82 Å². The van der Waals surface area contributed by atoms with Crippen LogP contribution >= 0.6 is 0 Å². The number of hydrogen-bond acceptors (Lipinski definition) is 7. The van der Waals surface area contributed by atoms with Gasteiger partial charge in [0.25, 0.3) is 0 Å². The second-order valence-corrected chi connectivity index (χ2v) is 4.87. The molecule has 0 bridgehead atoms. The van der Waals surface area contributed by atoms with E-state index < -0.39 is 0 Å². The summed E-state index contributed by atoms with van der Waals surface area (Å²) in [6, 6.07) is 5.75. The van der Waals surface area contributed by atoms with E-state index in [0.717, 1.165) is 12.1 Å². The van der Waals surface area contributed by atoms with E-state index in [4.69, 9.17) is 10.00 Å². The molecule has 0 radical (unpaired) electrons. The van der Waals surface area contributed by atoms with Gasteiger partial charge < -0.3 is 15.0 Å². The Bertz CT molecular complexity index is 652. The van der Waals surface area contributed by atoms with Gasteiger partial charge >= 0.3 is 0 Å². The molecule has 0 spiro atoms. The lowest BCUT2D eigenvalue weighted by atomic mass is 10.2. The fraction of sp³-hybridized carbons (Fsp3) is 0.333. The Morgan fingerprint density at radius 2 is 2.05 bits per heavy atom. The van der Waals surface area contributed by atoms with Crippen molar-refractivity contribution in [3.63, 3.8) is 0 Å². The summed E-state index contributed by atoms with van der Waals surface area (Å²) < 4.78 is 5.59. The summed E-state index contributed by atoms with van der Waals surface area (Å²) in [5, 5.41) is 12.1. The smallest absolute Gasteiger partial charge is 0.213 e. The first-order valence-electron chi connectivity index (χ1n) is 6.86. The average Bonchev–Trinajstić information content (AvgIpc) is 2.53. The largest absolute Gasteiger partial charge is 0.476 e. The zero-order chi connectivity index (χ0) is 15.8. The fourth-order valence-electron chi connectivity index (χ4n) is 1.71. The third kappa shape index (κ3) is 4.68. The topological polar surface area (TPSA) is 87.0 Å². The van der Waals surface area contributed by atoms with Crippen molar-refractivity contribution in [2.75, 3.05) is 32.6 Å². The maximum atomic E-state index is 8.98. The molecule has 1 N–H and O–H groups in total. The number of nitrogens with zero attached hydrogens (tertiary/aromatic N) is 5. The maximum Gasteiger partial charge on any atom is 0.213 e. The van der Waals surface area contributed by atoms with E-state index in [-0.39, 0.29) is 5.69 Å². The van der Waals surface area contributed by atoms with Crippen LogP contribution in [-0.2, 0) is 6.54 Å². The standard InChI is InChI=1S/C15H18N6O/c1-21(2)7-8-22-14-9-12(3-4-18-14)11-20-15-13(10-16)17-5-6-19-15/h3-6,9H,7-8,11H2,1-2H3,(H,19,20). The van der Waals surface area contributed by atoms with E-state index in [9.17, 15) is 0 Å². The number of hydrogen-bond donors (Lipinski definition) is 1. The number of likely N-dealkylation sites (N-methyl/N-ethyl adjacent to an activating group) is 1. The van der Waals surface area contributed by atoms with Gasteiger partial charge in [-0.05, 0) is 25.7 Å². The predicted octanol–water partition coefficient (Wildman–Crippen LogP) is 1.30. The zero-order valence-corrected chi connectivity index (χ0v) is 12.7. The number of nitriles is 1. The normalized spacial score (nSPS) is 10.3. The minimum absolute atomic E-state index is 0.277. The summed E-state index contributed by atoms with van der Waals surface area (Å²) in [5.41, 5.74) is 1.27. The van der Waals surface area contributed by atoms with Crippen LogP contribution < -0.4 is 10.1 Å². The van der Waals surface area contributed by atoms with Crippen molar-refractivity contribution in [1.29, 1.82) is 5.26 Å². The lowest BCUT2D eigenvalue weighted by Gasteiger charge is -2.11. The number of nitrogens with one attached hydrogen (secondary N) is 1. The molecule has 0 aliphatic heterocycles. The highest BCUT2D eigenvalue weighted by molar-refractivity contribution is 5.47. The van der Waals surface area contributed by atoms with Crippen molar-refractivity contribution in [2.24, 2.45) is 0 Å². The molecule has 7 heteroatoms. The van der Waals surface area contributed by atoms with Crippen LogP contribution in [0.25, 0.3) is 0 Å². The highest BCUT2D eigenvalue weighted by atomic mass is 16.5. The number of ether oxygens (including phenoxy) is 1. The van der Waals surface area contributed by atoms with Crippen LogP contribution in [0.3, 0.4) is 0 Å². The van der Waals surface area contributed by atoms with Crippen molar-refractivity contribution in [1.82, 2.24) is 19.9 Å². The highest BCUT2D eigenvalue weighted by Crippen LogP contribution is 2.12. The van der Waals surface area contributed by atoms with Gasteiger partial charge in [-0.25, -0.2) is 15.0 Å². The second kappa shape index (κ2) is 7.90. The molecule has 0 amide bonds. The molecule has 0 atom stereocenters. The Labute approximate surface area is 129 Å². The molecule has 0 fully saturated rings. The third-order valence-corrected chi connectivity index (χ3v) is 2.85. The Kier molecular flexibility index (Phi) is 5.63. The Morgan fingerprint density at radius 1 is 1.23 bits per heavy atom. The van der Waals surface area contributed by atoms with Crippen LogP contribution in [0.5, 0.6) is 5.88 Å². The van der Waals surface area contributed by atoms with E-state index in [0.29, 0.717) is 24.8 Å². The summed E-state index contributed by atoms with van der Waals surface area (Å²) in [4.78, 5) is 14.3. The van der Waals surface area contributed by atoms with Gasteiger partial charge in [0.05, 0.1) is 0 Å². The molecule has 0 aromatic carbocycles. The molecule has 2 aromatic rings. The van der Waals surface area contributed by atoms with Crippen LogP contribution in [0.1, 0.15) is 11.3 Å². The molecule has 0 saturated carbocycles. The first kappa shape index (κ1) is 15.7. The quantitative estimate of drug-likeness (QED) is 0.824. The van der Waals surface area contributed by atoms with Gasteiger partial charge in [-0.2, -0.15) is 5.26 Å². The van der Waals surface area contributed by atoms with Crippen molar-refractivity contribution in [3.05, 3.63) is 42.0 Å². The van der Waals surface area contributed by atoms with Crippen LogP contribution in [0.2, 0.25) is 0 Å². The number of pyridine rings is 1. The number of rotatable bonds is 7. The predicted molar refractivity (Wildman–Crippen MR) is 82.4 cm³/mol. The monoisotopic (exact) mass is 298 g/mol. The molecule has 2 aromatic heterocycles. The Hall–Kier alpha value is -2.72. The van der Waals surface area contributed by atoms with E-state index in [1.165, 1.54) is 6.20 Å². The summed E-state index contributed by atoms with van der Waals surface area (Å²) in [5.74, 6) is 1.05. The van der Waals surface area contributed by atoms with Crippen molar-refractivity contribution < 1.29 is 4.74 Å². The third-order valence-electron chi connectivity index (χ3n) is 2.85. The van der Waals surface area contributed by atoms with Crippen LogP contribution in [0, 0.1) is 11.3 Å². The zero-order valence-electron chi connectivity index (χ0n) is 12.7.